The normalized spacial score (nSPS) is 19.4. The molecule has 1 aliphatic heterocycles. The third kappa shape index (κ3) is 5.99. The lowest BCUT2D eigenvalue weighted by Gasteiger charge is -2.36. The van der Waals surface area contributed by atoms with Crippen LogP contribution in [0.3, 0.4) is 0 Å². The Balaban J connectivity index is 2.21. The van der Waals surface area contributed by atoms with Crippen molar-refractivity contribution in [3.8, 4) is 5.75 Å². The summed E-state index contributed by atoms with van der Waals surface area (Å²) in [6.45, 7) is 7.63. The number of sulfone groups is 1. The lowest BCUT2D eigenvalue weighted by Crippen LogP contribution is -2.37. The largest absolute Gasteiger partial charge is 0.491 e. The second-order valence-corrected chi connectivity index (χ2v) is 13.0. The Bertz CT molecular complexity index is 1200. The number of benzene rings is 2. The first-order valence-electron chi connectivity index (χ1n) is 12.2. The van der Waals surface area contributed by atoms with Crippen LogP contribution in [0.15, 0.2) is 46.2 Å². The van der Waals surface area contributed by atoms with E-state index in [4.69, 9.17) is 4.74 Å². The minimum Gasteiger partial charge on any atom is -0.491 e. The van der Waals surface area contributed by atoms with Crippen LogP contribution in [0.4, 0.5) is 15.8 Å². The topological polar surface area (TPSA) is 83.9 Å². The zero-order valence-electron chi connectivity index (χ0n) is 21.6. The van der Waals surface area contributed by atoms with Gasteiger partial charge < -0.3 is 14.7 Å². The third-order valence-electron chi connectivity index (χ3n) is 6.98. The van der Waals surface area contributed by atoms with E-state index in [1.165, 1.54) is 30.0 Å². The van der Waals surface area contributed by atoms with Gasteiger partial charge in [0.25, 0.3) is 0 Å². The number of carbonyl (C=O) groups is 1. The molecule has 36 heavy (non-hydrogen) atoms. The molecule has 0 amide bonds. The van der Waals surface area contributed by atoms with Gasteiger partial charge in [-0.15, -0.1) is 11.8 Å². The number of halogens is 1. The van der Waals surface area contributed by atoms with Gasteiger partial charge >= 0.3 is 5.97 Å². The number of hydrogen-bond acceptors (Lipinski definition) is 6. The molecule has 3 rings (SSSR count). The van der Waals surface area contributed by atoms with E-state index in [0.717, 1.165) is 24.9 Å². The summed E-state index contributed by atoms with van der Waals surface area (Å²) in [6.07, 6.45) is 5.17. The molecule has 0 unspecified atom stereocenters. The molecule has 2 aromatic rings. The highest BCUT2D eigenvalue weighted by atomic mass is 32.2. The highest BCUT2D eigenvalue weighted by Crippen LogP contribution is 2.47. The molecule has 1 atom stereocenters. The lowest BCUT2D eigenvalue weighted by molar-refractivity contribution is -0.148. The SMILES string of the molecule is CCCC[C@]1(CC)CN(c2ccc(F)cc2)c2cc(SC)c(OCC(C)(C)C(=O)O)cc2S(=O)(=O)C1. The van der Waals surface area contributed by atoms with Gasteiger partial charge in [-0.1, -0.05) is 26.7 Å². The molecule has 1 N–H and O–H groups in total. The van der Waals surface area contributed by atoms with Gasteiger partial charge in [0.1, 0.15) is 18.2 Å². The molecule has 198 valence electrons. The zero-order chi connectivity index (χ0) is 26.7. The number of carboxylic acids is 1. The summed E-state index contributed by atoms with van der Waals surface area (Å²) in [7, 11) is -3.72. The number of fused-ring (bicyclic) bond motifs is 1. The molecule has 2 aromatic carbocycles. The minimum atomic E-state index is -3.72. The van der Waals surface area contributed by atoms with Gasteiger partial charge in [0.2, 0.25) is 0 Å². The van der Waals surface area contributed by atoms with Crippen LogP contribution in [0.2, 0.25) is 0 Å². The molecule has 0 fully saturated rings. The summed E-state index contributed by atoms with van der Waals surface area (Å²) >= 11 is 1.40. The summed E-state index contributed by atoms with van der Waals surface area (Å²) in [5.74, 6) is -1.01. The monoisotopic (exact) mass is 537 g/mol. The number of anilines is 2. The van der Waals surface area contributed by atoms with Crippen LogP contribution in [0.5, 0.6) is 5.75 Å². The van der Waals surface area contributed by atoms with Gasteiger partial charge in [-0.3, -0.25) is 4.79 Å². The molecular formula is C27H36FNO5S2. The molecule has 0 saturated heterocycles. The average molecular weight is 538 g/mol. The van der Waals surface area contributed by atoms with Crippen LogP contribution in [0.25, 0.3) is 0 Å². The van der Waals surface area contributed by atoms with E-state index in [1.54, 1.807) is 32.0 Å². The smallest absolute Gasteiger partial charge is 0.312 e. The van der Waals surface area contributed by atoms with E-state index in [0.29, 0.717) is 29.3 Å². The van der Waals surface area contributed by atoms with Gasteiger partial charge in [0, 0.05) is 23.7 Å². The van der Waals surface area contributed by atoms with Crippen molar-refractivity contribution in [1.29, 1.82) is 0 Å². The zero-order valence-corrected chi connectivity index (χ0v) is 23.3. The molecule has 0 aromatic heterocycles. The quantitative estimate of drug-likeness (QED) is 0.344. The summed E-state index contributed by atoms with van der Waals surface area (Å²) in [6, 6.07) is 9.46. The van der Waals surface area contributed by atoms with Gasteiger partial charge in [-0.05, 0) is 63.3 Å². The fourth-order valence-electron chi connectivity index (χ4n) is 4.47. The number of hydrogen-bond donors (Lipinski definition) is 1. The van der Waals surface area contributed by atoms with E-state index >= 15 is 0 Å². The predicted octanol–water partition coefficient (Wildman–Crippen LogP) is 6.55. The molecular weight excluding hydrogens is 501 g/mol. The Morgan fingerprint density at radius 2 is 1.89 bits per heavy atom. The first kappa shape index (κ1) is 28.3. The number of rotatable bonds is 10. The number of unbranched alkanes of at least 4 members (excludes halogenated alkanes) is 1. The lowest BCUT2D eigenvalue weighted by atomic mass is 9.81. The van der Waals surface area contributed by atoms with Crippen LogP contribution in [-0.4, -0.2) is 44.7 Å². The van der Waals surface area contributed by atoms with Crippen molar-refractivity contribution >= 4 is 38.9 Å². The Kier molecular flexibility index (Phi) is 8.66. The fraction of sp³-hybridized carbons (Fsp3) is 0.519. The maximum absolute atomic E-state index is 13.9. The van der Waals surface area contributed by atoms with Crippen molar-refractivity contribution in [2.75, 3.05) is 30.1 Å². The highest BCUT2D eigenvalue weighted by Gasteiger charge is 2.42. The standard InChI is InChI=1S/C27H36FNO5S2/c1-6-8-13-27(7-2)16-29(20-11-9-19(28)10-12-20)21-14-23(35-5)22(15-24(21)36(32,33)18-27)34-17-26(3,4)25(30)31/h9-12,14-15H,6-8,13,16-18H2,1-5H3,(H,30,31)/t27-/m1/s1. The third-order valence-corrected chi connectivity index (χ3v) is 9.73. The van der Waals surface area contributed by atoms with Gasteiger partial charge in [-0.25, -0.2) is 12.8 Å². The van der Waals surface area contributed by atoms with E-state index in [2.05, 4.69) is 6.92 Å². The minimum absolute atomic E-state index is 0.000131. The average Bonchev–Trinajstić information content (AvgIpc) is 2.93. The number of nitrogens with zero attached hydrogens (tertiary/aromatic N) is 1. The molecule has 0 radical (unpaired) electrons. The van der Waals surface area contributed by atoms with Crippen LogP contribution in [0.1, 0.15) is 53.4 Å². The van der Waals surface area contributed by atoms with E-state index in [-0.39, 0.29) is 23.1 Å². The molecule has 0 spiro atoms. The highest BCUT2D eigenvalue weighted by molar-refractivity contribution is 7.98. The maximum Gasteiger partial charge on any atom is 0.312 e. The first-order valence-corrected chi connectivity index (χ1v) is 15.1. The van der Waals surface area contributed by atoms with Crippen molar-refractivity contribution in [3.63, 3.8) is 0 Å². The van der Waals surface area contributed by atoms with Crippen molar-refractivity contribution in [2.24, 2.45) is 10.8 Å². The van der Waals surface area contributed by atoms with Gasteiger partial charge in [0.15, 0.2) is 9.84 Å². The molecule has 6 nitrogen and oxygen atoms in total. The summed E-state index contributed by atoms with van der Waals surface area (Å²) in [5.41, 5.74) is -0.368. The van der Waals surface area contributed by atoms with Crippen molar-refractivity contribution < 1.29 is 27.4 Å². The Hall–Kier alpha value is -2.26. The van der Waals surface area contributed by atoms with Gasteiger partial charge in [-0.2, -0.15) is 0 Å². The van der Waals surface area contributed by atoms with Crippen molar-refractivity contribution in [1.82, 2.24) is 0 Å². The second kappa shape index (κ2) is 11.0. The maximum atomic E-state index is 13.9. The molecule has 9 heteroatoms. The van der Waals surface area contributed by atoms with Crippen molar-refractivity contribution in [3.05, 3.63) is 42.2 Å². The Morgan fingerprint density at radius 3 is 2.44 bits per heavy atom. The molecule has 0 saturated carbocycles. The van der Waals surface area contributed by atoms with E-state index in [9.17, 15) is 22.7 Å². The second-order valence-electron chi connectivity index (χ2n) is 10.2. The summed E-state index contributed by atoms with van der Waals surface area (Å²) < 4.78 is 47.5. The molecule has 0 bridgehead atoms. The van der Waals surface area contributed by atoms with Crippen LogP contribution < -0.4 is 9.64 Å². The summed E-state index contributed by atoms with van der Waals surface area (Å²) in [4.78, 5) is 14.4. The fourth-order valence-corrected chi connectivity index (χ4v) is 7.20. The molecule has 1 aliphatic rings. The summed E-state index contributed by atoms with van der Waals surface area (Å²) in [5, 5.41) is 9.48. The molecule has 0 aliphatic carbocycles. The van der Waals surface area contributed by atoms with Crippen LogP contribution >= 0.6 is 11.8 Å². The predicted molar refractivity (Wildman–Crippen MR) is 143 cm³/mol. The van der Waals surface area contributed by atoms with E-state index in [1.807, 2.05) is 18.1 Å². The van der Waals surface area contributed by atoms with Crippen LogP contribution in [-0.2, 0) is 14.6 Å². The van der Waals surface area contributed by atoms with Gasteiger partial charge in [0.05, 0.1) is 26.6 Å². The number of carboxylic acid groups (broad SMARTS) is 1. The number of ether oxygens (including phenoxy) is 1. The Morgan fingerprint density at radius 1 is 1.22 bits per heavy atom. The molecule has 1 heterocycles. The van der Waals surface area contributed by atoms with Crippen LogP contribution in [0, 0.1) is 16.6 Å². The van der Waals surface area contributed by atoms with E-state index < -0.39 is 26.6 Å². The first-order chi connectivity index (χ1) is 16.9. The Labute approximate surface area is 218 Å². The van der Waals surface area contributed by atoms with Crippen molar-refractivity contribution in [2.45, 2.75) is 63.2 Å². The number of thioether (sulfide) groups is 1. The number of aliphatic carboxylic acids is 1.